The standard InChI is InChI=1S/C16H30O4S2/c1-15(17)19-11-7-3-5-9-13-21-22-14-10-6-4-8-12-20-16(2)18/h3-14H2,1-2H3. The third kappa shape index (κ3) is 19.6. The Morgan fingerprint density at radius 3 is 1.36 bits per heavy atom. The third-order valence-corrected chi connectivity index (χ3v) is 5.52. The fourth-order valence-corrected chi connectivity index (χ4v) is 4.08. The van der Waals surface area contributed by atoms with E-state index >= 15 is 0 Å². The fourth-order valence-electron chi connectivity index (χ4n) is 1.78. The minimum absolute atomic E-state index is 0.182. The van der Waals surface area contributed by atoms with Crippen LogP contribution in [0.4, 0.5) is 0 Å². The van der Waals surface area contributed by atoms with E-state index in [-0.39, 0.29) is 11.9 Å². The molecular weight excluding hydrogens is 320 g/mol. The summed E-state index contributed by atoms with van der Waals surface area (Å²) >= 11 is 0. The maximum atomic E-state index is 10.6. The van der Waals surface area contributed by atoms with Crippen molar-refractivity contribution in [1.82, 2.24) is 0 Å². The molecule has 0 aromatic carbocycles. The van der Waals surface area contributed by atoms with E-state index in [0.29, 0.717) is 13.2 Å². The molecule has 6 heteroatoms. The number of hydrogen-bond acceptors (Lipinski definition) is 6. The average Bonchev–Trinajstić information content (AvgIpc) is 2.46. The van der Waals surface area contributed by atoms with Crippen LogP contribution in [0.3, 0.4) is 0 Å². The summed E-state index contributed by atoms with van der Waals surface area (Å²) in [6.07, 6.45) is 9.13. The monoisotopic (exact) mass is 350 g/mol. The Morgan fingerprint density at radius 2 is 1.00 bits per heavy atom. The number of unbranched alkanes of at least 4 members (excludes halogenated alkanes) is 6. The van der Waals surface area contributed by atoms with Gasteiger partial charge in [-0.05, 0) is 25.7 Å². The quantitative estimate of drug-likeness (QED) is 0.244. The van der Waals surface area contributed by atoms with Crippen molar-refractivity contribution in [2.75, 3.05) is 24.7 Å². The van der Waals surface area contributed by atoms with E-state index in [4.69, 9.17) is 9.47 Å². The Kier molecular flexibility index (Phi) is 16.7. The Balaban J connectivity index is 2.99. The first-order valence-corrected chi connectivity index (χ1v) is 10.6. The van der Waals surface area contributed by atoms with E-state index in [9.17, 15) is 9.59 Å². The van der Waals surface area contributed by atoms with Gasteiger partial charge in [0.05, 0.1) is 13.2 Å². The van der Waals surface area contributed by atoms with Gasteiger partial charge < -0.3 is 9.47 Å². The van der Waals surface area contributed by atoms with Crippen LogP contribution in [0, 0.1) is 0 Å². The third-order valence-electron chi connectivity index (χ3n) is 2.94. The SMILES string of the molecule is CC(=O)OCCCCCCSSCCCCCCOC(C)=O. The maximum Gasteiger partial charge on any atom is 0.302 e. The minimum Gasteiger partial charge on any atom is -0.466 e. The average molecular weight is 351 g/mol. The molecule has 0 N–H and O–H groups in total. The summed E-state index contributed by atoms with van der Waals surface area (Å²) in [6, 6.07) is 0. The van der Waals surface area contributed by atoms with Gasteiger partial charge in [-0.25, -0.2) is 0 Å². The van der Waals surface area contributed by atoms with E-state index < -0.39 is 0 Å². The highest BCUT2D eigenvalue weighted by atomic mass is 33.1. The molecule has 0 unspecified atom stereocenters. The molecule has 0 rings (SSSR count). The lowest BCUT2D eigenvalue weighted by atomic mass is 10.2. The highest BCUT2D eigenvalue weighted by Gasteiger charge is 1.96. The van der Waals surface area contributed by atoms with E-state index in [1.54, 1.807) is 0 Å². The lowest BCUT2D eigenvalue weighted by Crippen LogP contribution is -2.00. The largest absolute Gasteiger partial charge is 0.466 e. The molecule has 0 spiro atoms. The van der Waals surface area contributed by atoms with Crippen LogP contribution < -0.4 is 0 Å². The normalized spacial score (nSPS) is 10.5. The summed E-state index contributed by atoms with van der Waals surface area (Å²) in [5.74, 6) is 2.03. The van der Waals surface area contributed by atoms with Gasteiger partial charge in [-0.1, -0.05) is 47.3 Å². The molecular formula is C16H30O4S2. The first-order valence-electron chi connectivity index (χ1n) is 8.14. The molecule has 0 fully saturated rings. The van der Waals surface area contributed by atoms with Crippen LogP contribution >= 0.6 is 21.6 Å². The van der Waals surface area contributed by atoms with Crippen molar-refractivity contribution in [3.8, 4) is 0 Å². The Labute approximate surface area is 142 Å². The second-order valence-electron chi connectivity index (χ2n) is 5.15. The minimum atomic E-state index is -0.182. The van der Waals surface area contributed by atoms with Crippen LogP contribution in [0.25, 0.3) is 0 Å². The summed E-state index contributed by atoms with van der Waals surface area (Å²) in [6.45, 7) is 4.03. The van der Waals surface area contributed by atoms with Crippen LogP contribution in [-0.2, 0) is 19.1 Å². The van der Waals surface area contributed by atoms with Crippen molar-refractivity contribution < 1.29 is 19.1 Å². The van der Waals surface area contributed by atoms with Crippen LogP contribution in [0.2, 0.25) is 0 Å². The van der Waals surface area contributed by atoms with Gasteiger partial charge in [0, 0.05) is 25.4 Å². The van der Waals surface area contributed by atoms with Crippen molar-refractivity contribution in [1.29, 1.82) is 0 Å². The van der Waals surface area contributed by atoms with E-state index in [2.05, 4.69) is 0 Å². The molecule has 0 aromatic rings. The molecule has 0 aromatic heterocycles. The number of carbonyl (C=O) groups excluding carboxylic acids is 2. The van der Waals surface area contributed by atoms with Crippen molar-refractivity contribution in [3.63, 3.8) is 0 Å². The van der Waals surface area contributed by atoms with E-state index in [0.717, 1.165) is 25.7 Å². The molecule has 22 heavy (non-hydrogen) atoms. The van der Waals surface area contributed by atoms with Crippen molar-refractivity contribution >= 4 is 33.5 Å². The molecule has 0 saturated carbocycles. The summed E-state index contributed by atoms with van der Waals surface area (Å²) < 4.78 is 9.78. The van der Waals surface area contributed by atoms with Gasteiger partial charge in [0.1, 0.15) is 0 Å². The van der Waals surface area contributed by atoms with Crippen LogP contribution in [0.15, 0.2) is 0 Å². The van der Waals surface area contributed by atoms with Gasteiger partial charge >= 0.3 is 11.9 Å². The Morgan fingerprint density at radius 1 is 0.636 bits per heavy atom. The molecule has 0 atom stereocenters. The second kappa shape index (κ2) is 17.0. The molecule has 0 aliphatic heterocycles. The van der Waals surface area contributed by atoms with E-state index in [1.165, 1.54) is 51.0 Å². The lowest BCUT2D eigenvalue weighted by molar-refractivity contribution is -0.142. The summed E-state index contributed by atoms with van der Waals surface area (Å²) in [5.41, 5.74) is 0. The topological polar surface area (TPSA) is 52.6 Å². The molecule has 0 radical (unpaired) electrons. The fraction of sp³-hybridized carbons (Fsp3) is 0.875. The number of rotatable bonds is 15. The number of carbonyl (C=O) groups is 2. The zero-order chi connectivity index (χ0) is 16.5. The van der Waals surface area contributed by atoms with Crippen molar-refractivity contribution in [3.05, 3.63) is 0 Å². The Hall–Kier alpha value is -0.360. The van der Waals surface area contributed by atoms with Crippen molar-refractivity contribution in [2.24, 2.45) is 0 Å². The van der Waals surface area contributed by atoms with Gasteiger partial charge in [-0.15, -0.1) is 0 Å². The highest BCUT2D eigenvalue weighted by molar-refractivity contribution is 8.76. The summed E-state index contributed by atoms with van der Waals surface area (Å²) in [7, 11) is 3.91. The molecule has 0 aliphatic rings. The van der Waals surface area contributed by atoms with Gasteiger partial charge in [0.2, 0.25) is 0 Å². The molecule has 4 nitrogen and oxygen atoms in total. The number of hydrogen-bond donors (Lipinski definition) is 0. The van der Waals surface area contributed by atoms with Gasteiger partial charge in [-0.2, -0.15) is 0 Å². The Bertz CT molecular complexity index is 257. The lowest BCUT2D eigenvalue weighted by Gasteiger charge is -2.03. The molecule has 0 amide bonds. The molecule has 0 bridgehead atoms. The first-order chi connectivity index (χ1) is 10.6. The van der Waals surface area contributed by atoms with Crippen LogP contribution in [0.5, 0.6) is 0 Å². The number of esters is 2. The molecule has 0 aliphatic carbocycles. The van der Waals surface area contributed by atoms with Gasteiger partial charge in [-0.3, -0.25) is 9.59 Å². The molecule has 0 saturated heterocycles. The van der Waals surface area contributed by atoms with Crippen molar-refractivity contribution in [2.45, 2.75) is 65.2 Å². The summed E-state index contributed by atoms with van der Waals surface area (Å²) in [5, 5.41) is 0. The van der Waals surface area contributed by atoms with Gasteiger partial charge in [0.15, 0.2) is 0 Å². The maximum absolute atomic E-state index is 10.6. The summed E-state index contributed by atoms with van der Waals surface area (Å²) in [4.78, 5) is 21.1. The van der Waals surface area contributed by atoms with Crippen LogP contribution in [-0.4, -0.2) is 36.7 Å². The van der Waals surface area contributed by atoms with Gasteiger partial charge in [0.25, 0.3) is 0 Å². The molecule has 0 heterocycles. The van der Waals surface area contributed by atoms with Crippen LogP contribution in [0.1, 0.15) is 65.2 Å². The smallest absolute Gasteiger partial charge is 0.302 e. The molecule has 130 valence electrons. The zero-order valence-electron chi connectivity index (χ0n) is 13.9. The highest BCUT2D eigenvalue weighted by Crippen LogP contribution is 2.24. The number of ether oxygens (including phenoxy) is 2. The predicted molar refractivity (Wildman–Crippen MR) is 95.1 cm³/mol. The van der Waals surface area contributed by atoms with E-state index in [1.807, 2.05) is 21.6 Å². The first kappa shape index (κ1) is 21.6. The predicted octanol–water partition coefficient (Wildman–Crippen LogP) is 4.61. The zero-order valence-corrected chi connectivity index (χ0v) is 15.6. The second-order valence-corrected chi connectivity index (χ2v) is 7.85.